The van der Waals surface area contributed by atoms with Crippen molar-refractivity contribution in [3.63, 3.8) is 0 Å². The molecule has 1 aromatic carbocycles. The van der Waals surface area contributed by atoms with Gasteiger partial charge in [-0.15, -0.1) is 0 Å². The first-order valence-corrected chi connectivity index (χ1v) is 6.68. The Hall–Kier alpha value is -1.74. The SMILES string of the molecule is CCN(CC(N)=NO)S(=O)(=O)c1ccc(F)cc1F. The number of nitrogens with two attached hydrogens (primary N) is 1. The van der Waals surface area contributed by atoms with Gasteiger partial charge in [-0.2, -0.15) is 4.31 Å². The lowest BCUT2D eigenvalue weighted by atomic mass is 10.3. The van der Waals surface area contributed by atoms with Crippen molar-refractivity contribution in [2.24, 2.45) is 10.9 Å². The van der Waals surface area contributed by atoms with Gasteiger partial charge in [-0.05, 0) is 12.1 Å². The largest absolute Gasteiger partial charge is 0.409 e. The van der Waals surface area contributed by atoms with Crippen LogP contribution in [0, 0.1) is 11.6 Å². The zero-order chi connectivity index (χ0) is 14.6. The number of benzene rings is 1. The summed E-state index contributed by atoms with van der Waals surface area (Å²) in [5, 5.41) is 11.1. The molecule has 3 N–H and O–H groups in total. The second-order valence-electron chi connectivity index (χ2n) is 3.60. The van der Waals surface area contributed by atoms with Gasteiger partial charge in [0.15, 0.2) is 5.84 Å². The molecule has 0 radical (unpaired) electrons. The number of likely N-dealkylation sites (N-methyl/N-ethyl adjacent to an activating group) is 1. The zero-order valence-electron chi connectivity index (χ0n) is 10.0. The van der Waals surface area contributed by atoms with Gasteiger partial charge in [0.2, 0.25) is 10.0 Å². The van der Waals surface area contributed by atoms with Gasteiger partial charge < -0.3 is 10.9 Å². The van der Waals surface area contributed by atoms with Crippen LogP contribution in [0.3, 0.4) is 0 Å². The van der Waals surface area contributed by atoms with E-state index in [9.17, 15) is 17.2 Å². The van der Waals surface area contributed by atoms with E-state index in [1.54, 1.807) is 0 Å². The van der Waals surface area contributed by atoms with Gasteiger partial charge in [-0.3, -0.25) is 0 Å². The van der Waals surface area contributed by atoms with Gasteiger partial charge in [0, 0.05) is 12.6 Å². The summed E-state index contributed by atoms with van der Waals surface area (Å²) in [6.07, 6.45) is 0. The van der Waals surface area contributed by atoms with E-state index in [0.717, 1.165) is 16.4 Å². The molecule has 0 aliphatic heterocycles. The molecule has 0 unspecified atom stereocenters. The molecule has 19 heavy (non-hydrogen) atoms. The maximum atomic E-state index is 13.5. The summed E-state index contributed by atoms with van der Waals surface area (Å²) in [5.74, 6) is -2.41. The lowest BCUT2D eigenvalue weighted by Gasteiger charge is -2.19. The van der Waals surface area contributed by atoms with E-state index in [4.69, 9.17) is 10.9 Å². The Balaban J connectivity index is 3.21. The molecule has 0 amide bonds. The van der Waals surface area contributed by atoms with Crippen LogP contribution >= 0.6 is 0 Å². The van der Waals surface area contributed by atoms with Gasteiger partial charge in [0.05, 0.1) is 6.54 Å². The second-order valence-corrected chi connectivity index (χ2v) is 5.50. The summed E-state index contributed by atoms with van der Waals surface area (Å²) in [6, 6.07) is 2.15. The molecule has 9 heteroatoms. The molecular formula is C10H13F2N3O3S. The molecule has 0 atom stereocenters. The Morgan fingerprint density at radius 1 is 1.47 bits per heavy atom. The number of sulfonamides is 1. The first-order valence-electron chi connectivity index (χ1n) is 5.24. The Bertz CT molecular complexity index is 590. The standard InChI is InChI=1S/C10H13F2N3O3S/c1-2-15(6-10(13)14-16)19(17,18)9-4-3-7(11)5-8(9)12/h3-5,16H,2,6H2,1H3,(H2,13,14). The van der Waals surface area contributed by atoms with E-state index in [0.29, 0.717) is 6.07 Å². The zero-order valence-corrected chi connectivity index (χ0v) is 10.9. The molecule has 0 aliphatic carbocycles. The van der Waals surface area contributed by atoms with E-state index in [-0.39, 0.29) is 12.4 Å². The van der Waals surface area contributed by atoms with Crippen molar-refractivity contribution in [1.82, 2.24) is 4.31 Å². The average molecular weight is 293 g/mol. The molecule has 0 aromatic heterocycles. The number of hydrogen-bond donors (Lipinski definition) is 2. The summed E-state index contributed by atoms with van der Waals surface area (Å²) in [4.78, 5) is -0.665. The second kappa shape index (κ2) is 5.93. The maximum Gasteiger partial charge on any atom is 0.246 e. The third-order valence-electron chi connectivity index (χ3n) is 2.33. The summed E-state index contributed by atoms with van der Waals surface area (Å²) in [5.41, 5.74) is 5.23. The van der Waals surface area contributed by atoms with Crippen LogP contribution in [-0.2, 0) is 10.0 Å². The summed E-state index contributed by atoms with van der Waals surface area (Å²) in [7, 11) is -4.18. The molecule has 0 aliphatic rings. The van der Waals surface area contributed by atoms with Crippen molar-refractivity contribution < 1.29 is 22.4 Å². The maximum absolute atomic E-state index is 13.5. The van der Waals surface area contributed by atoms with Crippen LogP contribution in [0.2, 0.25) is 0 Å². The van der Waals surface area contributed by atoms with Crippen LogP contribution in [-0.4, -0.2) is 36.9 Å². The number of nitrogens with zero attached hydrogens (tertiary/aromatic N) is 2. The quantitative estimate of drug-likeness (QED) is 0.362. The van der Waals surface area contributed by atoms with Crippen molar-refractivity contribution in [1.29, 1.82) is 0 Å². The van der Waals surface area contributed by atoms with Crippen LogP contribution in [0.4, 0.5) is 8.78 Å². The smallest absolute Gasteiger partial charge is 0.246 e. The topological polar surface area (TPSA) is 96.0 Å². The fourth-order valence-electron chi connectivity index (χ4n) is 1.40. The number of oxime groups is 1. The fourth-order valence-corrected chi connectivity index (χ4v) is 2.87. The summed E-state index contributed by atoms with van der Waals surface area (Å²) < 4.78 is 51.3. The predicted octanol–water partition coefficient (Wildman–Crippen LogP) is 0.722. The minimum atomic E-state index is -4.18. The highest BCUT2D eigenvalue weighted by Crippen LogP contribution is 2.19. The molecule has 0 heterocycles. The van der Waals surface area contributed by atoms with E-state index in [1.165, 1.54) is 6.92 Å². The molecule has 0 fully saturated rings. The normalized spacial score (nSPS) is 12.9. The Morgan fingerprint density at radius 3 is 2.58 bits per heavy atom. The summed E-state index contributed by atoms with van der Waals surface area (Å²) in [6.45, 7) is 1.09. The molecule has 0 saturated carbocycles. The Morgan fingerprint density at radius 2 is 2.11 bits per heavy atom. The van der Waals surface area contributed by atoms with E-state index in [1.807, 2.05) is 0 Å². The van der Waals surface area contributed by atoms with Crippen LogP contribution < -0.4 is 5.73 Å². The number of hydrogen-bond acceptors (Lipinski definition) is 4. The Kier molecular flexibility index (Phi) is 4.78. The number of halogens is 2. The lowest BCUT2D eigenvalue weighted by molar-refractivity contribution is 0.315. The van der Waals surface area contributed by atoms with Crippen LogP contribution in [0.15, 0.2) is 28.3 Å². The lowest BCUT2D eigenvalue weighted by Crippen LogP contribution is -2.38. The van der Waals surface area contributed by atoms with E-state index in [2.05, 4.69) is 5.16 Å². The molecule has 0 spiro atoms. The summed E-state index contributed by atoms with van der Waals surface area (Å²) >= 11 is 0. The van der Waals surface area contributed by atoms with Crippen LogP contribution in [0.1, 0.15) is 6.92 Å². The van der Waals surface area contributed by atoms with Gasteiger partial charge in [-0.25, -0.2) is 17.2 Å². The molecule has 1 aromatic rings. The molecule has 6 nitrogen and oxygen atoms in total. The first-order chi connectivity index (χ1) is 8.82. The van der Waals surface area contributed by atoms with Crippen LogP contribution in [0.25, 0.3) is 0 Å². The van der Waals surface area contributed by atoms with Gasteiger partial charge in [0.25, 0.3) is 0 Å². The van der Waals surface area contributed by atoms with Crippen molar-refractivity contribution >= 4 is 15.9 Å². The van der Waals surface area contributed by atoms with Crippen molar-refractivity contribution in [2.45, 2.75) is 11.8 Å². The van der Waals surface area contributed by atoms with Crippen molar-refractivity contribution in [2.75, 3.05) is 13.1 Å². The molecule has 0 saturated heterocycles. The monoisotopic (exact) mass is 293 g/mol. The highest BCUT2D eigenvalue weighted by Gasteiger charge is 2.27. The average Bonchev–Trinajstić information content (AvgIpc) is 2.34. The minimum absolute atomic E-state index is 0.0185. The highest BCUT2D eigenvalue weighted by molar-refractivity contribution is 7.89. The third-order valence-corrected chi connectivity index (χ3v) is 4.29. The molecule has 1 rings (SSSR count). The van der Waals surface area contributed by atoms with E-state index < -0.39 is 33.1 Å². The highest BCUT2D eigenvalue weighted by atomic mass is 32.2. The van der Waals surface area contributed by atoms with Crippen LogP contribution in [0.5, 0.6) is 0 Å². The van der Waals surface area contributed by atoms with E-state index >= 15 is 0 Å². The first kappa shape index (κ1) is 15.3. The number of rotatable bonds is 5. The Labute approximate surface area is 109 Å². The van der Waals surface area contributed by atoms with Gasteiger partial charge in [0.1, 0.15) is 16.5 Å². The fraction of sp³-hybridized carbons (Fsp3) is 0.300. The van der Waals surface area contributed by atoms with Crippen molar-refractivity contribution in [3.8, 4) is 0 Å². The molecular weight excluding hydrogens is 280 g/mol. The molecule has 106 valence electrons. The van der Waals surface area contributed by atoms with Gasteiger partial charge >= 0.3 is 0 Å². The van der Waals surface area contributed by atoms with Crippen molar-refractivity contribution in [3.05, 3.63) is 29.8 Å². The predicted molar refractivity (Wildman–Crippen MR) is 64.2 cm³/mol. The van der Waals surface area contributed by atoms with Gasteiger partial charge in [-0.1, -0.05) is 12.1 Å². The third kappa shape index (κ3) is 3.38. The minimum Gasteiger partial charge on any atom is -0.409 e. The number of amidine groups is 1. The molecule has 0 bridgehead atoms.